The van der Waals surface area contributed by atoms with Crippen LogP contribution in [0.3, 0.4) is 0 Å². The molecular weight excluding hydrogens is 783 g/mol. The summed E-state index contributed by atoms with van der Waals surface area (Å²) in [5.41, 5.74) is -5.00. The molecule has 0 spiro atoms. The molecule has 3 amide bonds. The number of nitrogens with one attached hydrogen (secondary N) is 3. The molecule has 0 unspecified atom stereocenters. The molecule has 3 aromatic rings. The van der Waals surface area contributed by atoms with E-state index < -0.39 is 71.3 Å². The first kappa shape index (κ1) is 44.2. The Bertz CT molecular complexity index is 1910. The van der Waals surface area contributed by atoms with Crippen LogP contribution in [0.25, 0.3) is 0 Å². The molecule has 23 heteroatoms. The fraction of sp³-hybridized carbons (Fsp3) is 0.364. The number of carbonyl (C=O) groups excluding carboxylic acids is 3. The number of rotatable bonds is 20. The lowest BCUT2D eigenvalue weighted by Gasteiger charge is -2.22. The van der Waals surface area contributed by atoms with Gasteiger partial charge in [-0.3, -0.25) is 54.8 Å². The Morgan fingerprint density at radius 1 is 0.589 bits per heavy atom. The number of alkyl halides is 2. The molecule has 0 aliphatic carbocycles. The molecule has 0 fully saturated rings. The van der Waals surface area contributed by atoms with Crippen molar-refractivity contribution in [3.05, 3.63) is 99.6 Å². The van der Waals surface area contributed by atoms with E-state index in [1.807, 2.05) is 0 Å². The van der Waals surface area contributed by atoms with E-state index in [0.29, 0.717) is 18.7 Å². The van der Waals surface area contributed by atoms with Gasteiger partial charge in [0, 0.05) is 68.0 Å². The summed E-state index contributed by atoms with van der Waals surface area (Å²) < 4.78 is 0. The SMILES string of the molecule is CCN(CCCl)c1cc(C(=O)Nc2cc(NC(=O)c3cc(N(CC)CCCl)c([N+](=O)[O-])cc3[N+](=O)[O-])cc(C(=O)NCCN(C)C)c2)c([N+](=O)[O-])cc1[N+](=O)[O-]. The van der Waals surface area contributed by atoms with E-state index in [9.17, 15) is 54.8 Å². The van der Waals surface area contributed by atoms with Crippen LogP contribution in [0, 0.1) is 40.5 Å². The summed E-state index contributed by atoms with van der Waals surface area (Å²) in [6.07, 6.45) is 0. The molecule has 3 rings (SSSR count). The second kappa shape index (κ2) is 19.9. The molecule has 0 aromatic heterocycles. The van der Waals surface area contributed by atoms with E-state index in [2.05, 4.69) is 16.0 Å². The highest BCUT2D eigenvalue weighted by Gasteiger charge is 2.32. The predicted molar refractivity (Wildman–Crippen MR) is 210 cm³/mol. The van der Waals surface area contributed by atoms with Crippen LogP contribution in [-0.4, -0.2) is 107 Å². The van der Waals surface area contributed by atoms with Gasteiger partial charge >= 0.3 is 0 Å². The number of halogens is 2. The third-order valence-corrected chi connectivity index (χ3v) is 8.51. The molecule has 3 N–H and O–H groups in total. The van der Waals surface area contributed by atoms with Crippen molar-refractivity contribution in [2.24, 2.45) is 0 Å². The predicted octanol–water partition coefficient (Wildman–Crippen LogP) is 5.25. The minimum absolute atomic E-state index is 0.0377. The van der Waals surface area contributed by atoms with Gasteiger partial charge in [0.05, 0.1) is 31.8 Å². The van der Waals surface area contributed by atoms with Crippen LogP contribution < -0.4 is 25.8 Å². The minimum atomic E-state index is -1.12. The van der Waals surface area contributed by atoms with Crippen molar-refractivity contribution in [1.82, 2.24) is 10.2 Å². The van der Waals surface area contributed by atoms with Gasteiger partial charge in [-0.2, -0.15) is 0 Å². The average molecular weight is 822 g/mol. The van der Waals surface area contributed by atoms with E-state index in [4.69, 9.17) is 23.2 Å². The van der Waals surface area contributed by atoms with Gasteiger partial charge in [0.25, 0.3) is 40.5 Å². The first-order valence-corrected chi connectivity index (χ1v) is 17.8. The molecule has 0 heterocycles. The monoisotopic (exact) mass is 820 g/mol. The van der Waals surface area contributed by atoms with Gasteiger partial charge in [0.1, 0.15) is 22.5 Å². The fourth-order valence-electron chi connectivity index (χ4n) is 5.49. The minimum Gasteiger partial charge on any atom is -0.365 e. The average Bonchev–Trinajstić information content (AvgIpc) is 3.14. The second-order valence-corrected chi connectivity index (χ2v) is 12.8. The lowest BCUT2D eigenvalue weighted by molar-refractivity contribution is -0.394. The summed E-state index contributed by atoms with van der Waals surface area (Å²) in [7, 11) is 3.54. The van der Waals surface area contributed by atoms with E-state index in [-0.39, 0.29) is 72.8 Å². The molecule has 56 heavy (non-hydrogen) atoms. The normalized spacial score (nSPS) is 10.8. The van der Waals surface area contributed by atoms with Gasteiger partial charge in [-0.1, -0.05) is 0 Å². The maximum Gasteiger partial charge on any atom is 0.299 e. The zero-order chi connectivity index (χ0) is 41.9. The summed E-state index contributed by atoms with van der Waals surface area (Å²) in [5, 5.41) is 55.5. The highest BCUT2D eigenvalue weighted by atomic mass is 35.5. The summed E-state index contributed by atoms with van der Waals surface area (Å²) in [4.78, 5) is 89.8. The second-order valence-electron chi connectivity index (χ2n) is 12.0. The van der Waals surface area contributed by atoms with Gasteiger partial charge in [-0.05, 0) is 58.3 Å². The zero-order valence-electron chi connectivity index (χ0n) is 30.6. The highest BCUT2D eigenvalue weighted by molar-refractivity contribution is 6.18. The van der Waals surface area contributed by atoms with Gasteiger partial charge in [0.2, 0.25) is 0 Å². The van der Waals surface area contributed by atoms with E-state index >= 15 is 0 Å². The number of nitro groups is 4. The lowest BCUT2D eigenvalue weighted by atomic mass is 10.1. The molecule has 0 saturated carbocycles. The Morgan fingerprint density at radius 3 is 1.30 bits per heavy atom. The van der Waals surface area contributed by atoms with Gasteiger partial charge in [0.15, 0.2) is 0 Å². The number of amides is 3. The van der Waals surface area contributed by atoms with Crippen LogP contribution in [-0.2, 0) is 0 Å². The smallest absolute Gasteiger partial charge is 0.299 e. The summed E-state index contributed by atoms with van der Waals surface area (Å²) in [5.74, 6) is -2.84. The number of nitro benzene ring substituents is 4. The van der Waals surface area contributed by atoms with Crippen molar-refractivity contribution in [2.75, 3.05) is 85.6 Å². The summed E-state index contributed by atoms with van der Waals surface area (Å²) >= 11 is 11.8. The molecule has 0 aliphatic rings. The van der Waals surface area contributed by atoms with E-state index in [1.165, 1.54) is 21.9 Å². The molecule has 0 bridgehead atoms. The summed E-state index contributed by atoms with van der Waals surface area (Å²) in [6, 6.07) is 6.81. The van der Waals surface area contributed by atoms with Crippen molar-refractivity contribution in [1.29, 1.82) is 0 Å². The largest absolute Gasteiger partial charge is 0.365 e. The molecular formula is C33H38Cl2N10O11. The van der Waals surface area contributed by atoms with Crippen molar-refractivity contribution >= 4 is 86.4 Å². The molecule has 0 radical (unpaired) electrons. The van der Waals surface area contributed by atoms with Crippen LogP contribution in [0.5, 0.6) is 0 Å². The fourth-order valence-corrected chi connectivity index (χ4v) is 5.90. The molecule has 0 atom stereocenters. The molecule has 0 aliphatic heterocycles. The number of hydrogen-bond donors (Lipinski definition) is 3. The first-order valence-electron chi connectivity index (χ1n) is 16.7. The maximum atomic E-state index is 13.7. The number of benzene rings is 3. The van der Waals surface area contributed by atoms with Gasteiger partial charge < -0.3 is 30.7 Å². The quantitative estimate of drug-likeness (QED) is 0.0747. The van der Waals surface area contributed by atoms with Crippen molar-refractivity contribution < 1.29 is 34.1 Å². The Hall–Kier alpha value is -6.19. The Morgan fingerprint density at radius 2 is 0.982 bits per heavy atom. The number of nitrogens with zero attached hydrogens (tertiary/aromatic N) is 7. The number of likely N-dealkylation sites (N-methyl/N-ethyl adjacent to an activating group) is 1. The van der Waals surface area contributed by atoms with E-state index in [1.54, 1.807) is 32.8 Å². The Kier molecular flexibility index (Phi) is 15.7. The summed E-state index contributed by atoms with van der Waals surface area (Å²) in [6.45, 7) is 4.51. The maximum absolute atomic E-state index is 13.7. The van der Waals surface area contributed by atoms with Crippen LogP contribution in [0.1, 0.15) is 44.9 Å². The van der Waals surface area contributed by atoms with Gasteiger partial charge in [-0.15, -0.1) is 23.2 Å². The molecule has 3 aromatic carbocycles. The van der Waals surface area contributed by atoms with Crippen LogP contribution in [0.15, 0.2) is 42.5 Å². The number of hydrogen-bond acceptors (Lipinski definition) is 14. The molecule has 0 saturated heterocycles. The third kappa shape index (κ3) is 11.0. The standard InChI is InChI=1S/C33H38Cl2N10O11/c1-5-40(10-7-34)27-16-23(25(42(49)50)18-29(27)44(53)54)32(47)37-21-13-20(31(46)36-9-12-39(3)4)14-22(15-21)38-33(48)24-17-28(41(6-2)11-8-35)30(45(55)56)19-26(24)43(51)52/h13-19H,5-12H2,1-4H3,(H,36,46)(H,37,47)(H,38,48). The van der Waals surface area contributed by atoms with Crippen molar-refractivity contribution in [3.8, 4) is 0 Å². The van der Waals surface area contributed by atoms with Gasteiger partial charge in [-0.25, -0.2) is 0 Å². The highest BCUT2D eigenvalue weighted by Crippen LogP contribution is 2.37. The number of anilines is 4. The van der Waals surface area contributed by atoms with E-state index in [0.717, 1.165) is 18.2 Å². The third-order valence-electron chi connectivity index (χ3n) is 8.17. The molecule has 21 nitrogen and oxygen atoms in total. The Balaban J connectivity index is 2.19. The molecule has 300 valence electrons. The lowest BCUT2D eigenvalue weighted by Crippen LogP contribution is -2.31. The zero-order valence-corrected chi connectivity index (χ0v) is 32.1. The van der Waals surface area contributed by atoms with Crippen molar-refractivity contribution in [2.45, 2.75) is 13.8 Å². The Labute approximate surface area is 329 Å². The number of carbonyl (C=O) groups is 3. The first-order chi connectivity index (χ1) is 26.5. The van der Waals surface area contributed by atoms with Crippen molar-refractivity contribution in [3.63, 3.8) is 0 Å². The van der Waals surface area contributed by atoms with Crippen LogP contribution >= 0.6 is 23.2 Å². The van der Waals surface area contributed by atoms with Crippen LogP contribution in [0.4, 0.5) is 45.5 Å². The van der Waals surface area contributed by atoms with Crippen LogP contribution in [0.2, 0.25) is 0 Å². The topological polar surface area (TPSA) is 270 Å².